The number of ether oxygens (including phenoxy) is 10. The number of carbonyl (C=O) groups excluding carboxylic acids is 7. The first-order valence-electron chi connectivity index (χ1n) is 30.4. The molecule has 23 N–H and O–H groups in total. The first-order chi connectivity index (χ1) is 46.3. The fourth-order valence-electron chi connectivity index (χ4n) is 9.82. The standard InChI is InChI=1S/C57H85N7O33/c65-17-31-37(71)41(75)45(79)53(94-31)89-13-10-58-35(69)8-6-29(51(85)61-23-92-55-47(81)43(77)39(73)33(19-67)96-55)63-49(83)26-14-27(16-28(15-26)88-12-11-59-57(87)90-21-25-4-2-1-3-5-25)50(84)64-30(52(86)62-24-93-56-48(82)44(78)40(74)34(20-68)97-56)7-9-36(70)60-22-91-54-46(80)42(76)38(72)32(18-66)95-54/h1-5,14-16,29-34,37-48,53-56,65-68,71-82H,6-13,17-24H2,(H,58,69)(H,59,87)(H,60,70)(H,61,85)(H,62,86)(H,63,83)(H,64,84)/t29?,30?,31?,32?,33?,34?,37-,38-,39-,40-,41+,42+,43+,44+,45?,46?,47?,48?,53-,54-,55-,56-/m1/s1. The average Bonchev–Trinajstić information content (AvgIpc) is 0.860. The molecule has 2 aromatic rings. The largest absolute Gasteiger partial charge is 0.492 e. The van der Waals surface area contributed by atoms with Gasteiger partial charge in [0.15, 0.2) is 25.2 Å². The van der Waals surface area contributed by atoms with Crippen LogP contribution in [0.5, 0.6) is 5.75 Å². The molecule has 40 heteroatoms. The van der Waals surface area contributed by atoms with Crippen LogP contribution in [0.3, 0.4) is 0 Å². The van der Waals surface area contributed by atoms with Gasteiger partial charge in [-0.15, -0.1) is 0 Å². The Kier molecular flexibility index (Phi) is 32.1. The number of rotatable bonds is 35. The van der Waals surface area contributed by atoms with Gasteiger partial charge in [0, 0.05) is 30.5 Å². The number of aliphatic hydroxyl groups is 16. The molecule has 4 saturated heterocycles. The fraction of sp³-hybridized carbons (Fsp3) is 0.667. The summed E-state index contributed by atoms with van der Waals surface area (Å²) in [6.07, 6.45) is -37.1. The van der Waals surface area contributed by atoms with Crippen LogP contribution in [0.15, 0.2) is 48.5 Å². The molecule has 0 aliphatic carbocycles. The molecule has 40 nitrogen and oxygen atoms in total. The molecular formula is C57H85N7O33. The summed E-state index contributed by atoms with van der Waals surface area (Å²) in [6.45, 7) is -7.01. The molecule has 4 aliphatic rings. The molecule has 97 heavy (non-hydrogen) atoms. The smallest absolute Gasteiger partial charge is 0.407 e. The van der Waals surface area contributed by atoms with Crippen molar-refractivity contribution in [1.82, 2.24) is 37.2 Å². The van der Waals surface area contributed by atoms with E-state index in [0.29, 0.717) is 5.56 Å². The number of hydrogen-bond acceptors (Lipinski definition) is 33. The number of carbonyl (C=O) groups is 7. The van der Waals surface area contributed by atoms with Crippen molar-refractivity contribution in [2.24, 2.45) is 0 Å². The first kappa shape index (κ1) is 79.4. The second-order valence-electron chi connectivity index (χ2n) is 22.3. The van der Waals surface area contributed by atoms with Gasteiger partial charge in [-0.2, -0.15) is 0 Å². The molecule has 4 aliphatic heterocycles. The minimum absolute atomic E-state index is 0.101. The van der Waals surface area contributed by atoms with E-state index in [-0.39, 0.29) is 38.7 Å². The predicted molar refractivity (Wildman–Crippen MR) is 314 cm³/mol. The normalized spacial score (nSPS) is 30.9. The van der Waals surface area contributed by atoms with Gasteiger partial charge in [0.1, 0.15) is 149 Å². The van der Waals surface area contributed by atoms with Gasteiger partial charge in [0.25, 0.3) is 11.8 Å². The first-order valence-corrected chi connectivity index (χ1v) is 30.4. The second kappa shape index (κ2) is 39.2. The number of hydrogen-bond donors (Lipinski definition) is 23. The Labute approximate surface area is 551 Å². The van der Waals surface area contributed by atoms with Gasteiger partial charge in [-0.3, -0.25) is 28.8 Å². The van der Waals surface area contributed by atoms with Gasteiger partial charge in [0.05, 0.1) is 39.6 Å². The molecule has 0 bridgehead atoms. The van der Waals surface area contributed by atoms with Crippen LogP contribution in [-0.2, 0) is 68.4 Å². The lowest BCUT2D eigenvalue weighted by Gasteiger charge is -2.39. The monoisotopic (exact) mass is 1400 g/mol. The molecule has 0 spiro atoms. The maximum atomic E-state index is 14.5. The van der Waals surface area contributed by atoms with Crippen molar-refractivity contribution in [2.75, 3.05) is 72.9 Å². The van der Waals surface area contributed by atoms with E-state index in [1.807, 2.05) is 0 Å². The lowest BCUT2D eigenvalue weighted by Crippen LogP contribution is -2.59. The van der Waals surface area contributed by atoms with Crippen LogP contribution < -0.4 is 42.0 Å². The topological polar surface area (TPSA) is 620 Å². The van der Waals surface area contributed by atoms with Crippen LogP contribution in [0.2, 0.25) is 0 Å². The van der Waals surface area contributed by atoms with Crippen molar-refractivity contribution in [2.45, 2.75) is 167 Å². The summed E-state index contributed by atoms with van der Waals surface area (Å²) in [7, 11) is 0. The molecule has 0 radical (unpaired) electrons. The molecule has 0 aromatic heterocycles. The number of nitrogens with one attached hydrogen (secondary N) is 7. The van der Waals surface area contributed by atoms with Crippen LogP contribution in [0.1, 0.15) is 52.0 Å². The van der Waals surface area contributed by atoms with Crippen molar-refractivity contribution >= 4 is 41.5 Å². The Bertz CT molecular complexity index is 2820. The summed E-state index contributed by atoms with van der Waals surface area (Å²) in [4.78, 5) is 95.9. The highest BCUT2D eigenvalue weighted by Gasteiger charge is 2.48. The van der Waals surface area contributed by atoms with E-state index in [0.717, 1.165) is 18.2 Å². The van der Waals surface area contributed by atoms with E-state index in [4.69, 9.17) is 47.4 Å². The van der Waals surface area contributed by atoms with Gasteiger partial charge in [-0.05, 0) is 36.6 Å². The zero-order chi connectivity index (χ0) is 71.0. The molecule has 22 atom stereocenters. The van der Waals surface area contributed by atoms with E-state index < -0.39 is 260 Å². The molecule has 10 unspecified atom stereocenters. The summed E-state index contributed by atoms with van der Waals surface area (Å²) in [5.74, 6) is -6.44. The average molecular weight is 1400 g/mol. The molecule has 546 valence electrons. The third-order valence-corrected chi connectivity index (χ3v) is 15.5. The van der Waals surface area contributed by atoms with Crippen molar-refractivity contribution in [3.05, 3.63) is 65.2 Å². The van der Waals surface area contributed by atoms with E-state index in [1.54, 1.807) is 30.3 Å². The quantitative estimate of drug-likeness (QED) is 0.0225. The Balaban J connectivity index is 1.21. The summed E-state index contributed by atoms with van der Waals surface area (Å²) < 4.78 is 53.7. The predicted octanol–water partition coefficient (Wildman–Crippen LogP) is -11.6. The number of aliphatic hydroxyl groups excluding tert-OH is 16. The van der Waals surface area contributed by atoms with E-state index in [1.165, 1.54) is 0 Å². The number of alkyl carbamates (subject to hydrolysis) is 1. The summed E-state index contributed by atoms with van der Waals surface area (Å²) in [5, 5.41) is 178. The Morgan fingerprint density at radius 3 is 1.20 bits per heavy atom. The molecule has 2 aromatic carbocycles. The van der Waals surface area contributed by atoms with Crippen molar-refractivity contribution in [3.8, 4) is 5.75 Å². The highest BCUT2D eigenvalue weighted by molar-refractivity contribution is 6.03. The van der Waals surface area contributed by atoms with Crippen LogP contribution in [0.4, 0.5) is 4.79 Å². The number of amides is 7. The van der Waals surface area contributed by atoms with Gasteiger partial charge >= 0.3 is 6.09 Å². The molecule has 0 saturated carbocycles. The SMILES string of the molecule is O=C(CCC(NC(=O)c1cc(OCCNC(=O)OCc2ccccc2)cc(C(=O)NC(CCC(=O)NCO[C@@H]2OC(CO)[C@@H](O)[C@H](O)C2O)C(=O)NCO[C@@H]2OC(CO)[C@@H](O)[C@H](O)C2O)c1)C(=O)NCO[C@@H]1OC(CO)[C@@H](O)[C@H](O)C1O)NCCO[C@@H]1OC(CO)[C@@H](O)[C@H](O)C1O. The molecular weight excluding hydrogens is 1310 g/mol. The Morgan fingerprint density at radius 2 is 0.794 bits per heavy atom. The summed E-state index contributed by atoms with van der Waals surface area (Å²) in [5.41, 5.74) is -0.262. The Hall–Kier alpha value is -6.63. The Morgan fingerprint density at radius 1 is 0.423 bits per heavy atom. The maximum absolute atomic E-state index is 14.5. The lowest BCUT2D eigenvalue weighted by atomic mass is 9.99. The fourth-order valence-corrected chi connectivity index (χ4v) is 9.82. The van der Waals surface area contributed by atoms with Gasteiger partial charge in [-0.1, -0.05) is 30.3 Å². The molecule has 6 rings (SSSR count). The van der Waals surface area contributed by atoms with Crippen molar-refractivity contribution in [1.29, 1.82) is 0 Å². The molecule has 4 fully saturated rings. The third-order valence-electron chi connectivity index (χ3n) is 15.5. The maximum Gasteiger partial charge on any atom is 0.407 e. The lowest BCUT2D eigenvalue weighted by molar-refractivity contribution is -0.302. The zero-order valence-electron chi connectivity index (χ0n) is 51.7. The zero-order valence-corrected chi connectivity index (χ0v) is 51.7. The summed E-state index contributed by atoms with van der Waals surface area (Å²) >= 11 is 0. The van der Waals surface area contributed by atoms with Crippen molar-refractivity contribution in [3.63, 3.8) is 0 Å². The van der Waals surface area contributed by atoms with E-state index >= 15 is 0 Å². The van der Waals surface area contributed by atoms with Crippen LogP contribution in [0.25, 0.3) is 0 Å². The highest BCUT2D eigenvalue weighted by atomic mass is 16.7. The van der Waals surface area contributed by atoms with Crippen LogP contribution >= 0.6 is 0 Å². The van der Waals surface area contributed by atoms with Gasteiger partial charge in [0.2, 0.25) is 23.6 Å². The highest BCUT2D eigenvalue weighted by Crippen LogP contribution is 2.26. The van der Waals surface area contributed by atoms with Gasteiger partial charge < -0.3 is 166 Å². The van der Waals surface area contributed by atoms with Crippen molar-refractivity contribution < 1.29 is 163 Å². The van der Waals surface area contributed by atoms with Crippen LogP contribution in [-0.4, -0.2) is 331 Å². The summed E-state index contributed by atoms with van der Waals surface area (Å²) in [6, 6.07) is 8.28. The molecule has 7 amide bonds. The minimum Gasteiger partial charge on any atom is -0.492 e. The number of benzene rings is 2. The van der Waals surface area contributed by atoms with Gasteiger partial charge in [-0.25, -0.2) is 4.79 Å². The third kappa shape index (κ3) is 23.0. The van der Waals surface area contributed by atoms with E-state index in [2.05, 4.69) is 37.2 Å². The van der Waals surface area contributed by atoms with E-state index in [9.17, 15) is 115 Å². The second-order valence-corrected chi connectivity index (χ2v) is 22.3. The molecule has 4 heterocycles. The van der Waals surface area contributed by atoms with Crippen LogP contribution in [0, 0.1) is 0 Å². The minimum atomic E-state index is -1.92.